The minimum absolute atomic E-state index is 0.0798. The Bertz CT molecular complexity index is 1310. The van der Waals surface area contributed by atoms with E-state index in [0.717, 1.165) is 11.3 Å². The van der Waals surface area contributed by atoms with Gasteiger partial charge in [0.25, 0.3) is 5.56 Å². The molecule has 0 aliphatic carbocycles. The summed E-state index contributed by atoms with van der Waals surface area (Å²) in [5.41, 5.74) is 1.96. The maximum atomic E-state index is 13.4. The molecule has 9 nitrogen and oxygen atoms in total. The maximum Gasteiger partial charge on any atom is 0.348 e. The van der Waals surface area contributed by atoms with Crippen molar-refractivity contribution in [2.75, 3.05) is 20.0 Å². The minimum atomic E-state index is -0.462. The number of ether oxygens (including phenoxy) is 4. The molecule has 180 valence electrons. The van der Waals surface area contributed by atoms with Gasteiger partial charge in [0.15, 0.2) is 6.79 Å². The Morgan fingerprint density at radius 1 is 1.24 bits per heavy atom. The first-order valence-electron chi connectivity index (χ1n) is 11.0. The van der Waals surface area contributed by atoms with E-state index < -0.39 is 11.9 Å². The van der Waals surface area contributed by atoms with Gasteiger partial charge in [-0.3, -0.25) is 9.36 Å². The third kappa shape index (κ3) is 4.69. The molecule has 3 aromatic rings. The number of hydrogen-bond acceptors (Lipinski definition) is 9. The van der Waals surface area contributed by atoms with E-state index in [2.05, 4.69) is 4.98 Å². The number of nitrogens with zero attached hydrogens (tertiary/aromatic N) is 2. The topological polar surface area (TPSA) is 106 Å². The Kier molecular flexibility index (Phi) is 6.99. The fourth-order valence-corrected chi connectivity index (χ4v) is 4.74. The molecule has 3 heterocycles. The summed E-state index contributed by atoms with van der Waals surface area (Å²) in [6.07, 6.45) is 1.44. The number of esters is 2. The number of benzene rings is 1. The Hall–Kier alpha value is -3.24. The molecule has 0 unspecified atom stereocenters. The zero-order valence-electron chi connectivity index (χ0n) is 19.5. The zero-order valence-corrected chi connectivity index (χ0v) is 20.3. The van der Waals surface area contributed by atoms with Crippen molar-refractivity contribution in [3.05, 3.63) is 55.9 Å². The maximum absolute atomic E-state index is 13.4. The summed E-state index contributed by atoms with van der Waals surface area (Å²) >= 11 is 1.15. The van der Waals surface area contributed by atoms with Crippen LogP contribution in [-0.4, -0.2) is 41.5 Å². The van der Waals surface area contributed by atoms with Crippen LogP contribution in [0.5, 0.6) is 5.75 Å². The van der Waals surface area contributed by atoms with Gasteiger partial charge in [0, 0.05) is 11.1 Å². The Morgan fingerprint density at radius 3 is 2.76 bits per heavy atom. The smallest absolute Gasteiger partial charge is 0.348 e. The van der Waals surface area contributed by atoms with Gasteiger partial charge in [-0.05, 0) is 37.5 Å². The van der Waals surface area contributed by atoms with E-state index in [-0.39, 0.29) is 38.0 Å². The number of carbonyl (C=O) groups excluding carboxylic acids is 2. The van der Waals surface area contributed by atoms with E-state index in [1.165, 1.54) is 10.9 Å². The Labute approximate surface area is 200 Å². The molecule has 4 rings (SSSR count). The van der Waals surface area contributed by atoms with Gasteiger partial charge in [-0.15, -0.1) is 11.3 Å². The lowest BCUT2D eigenvalue weighted by molar-refractivity contribution is -0.0171. The zero-order chi connectivity index (χ0) is 24.4. The molecule has 0 atom stereocenters. The first-order valence-corrected chi connectivity index (χ1v) is 11.8. The van der Waals surface area contributed by atoms with Crippen molar-refractivity contribution in [3.63, 3.8) is 0 Å². The van der Waals surface area contributed by atoms with Crippen LogP contribution < -0.4 is 10.3 Å². The Balaban J connectivity index is 1.72. The highest BCUT2D eigenvalue weighted by atomic mass is 32.1. The van der Waals surface area contributed by atoms with Gasteiger partial charge in [0.05, 0.1) is 43.6 Å². The van der Waals surface area contributed by atoms with Crippen LogP contribution in [0.4, 0.5) is 0 Å². The normalized spacial score (nSPS) is 13.0. The van der Waals surface area contributed by atoms with Crippen molar-refractivity contribution in [3.8, 4) is 5.75 Å². The van der Waals surface area contributed by atoms with E-state index in [0.29, 0.717) is 49.7 Å². The minimum Gasteiger partial charge on any atom is -0.467 e. The van der Waals surface area contributed by atoms with Gasteiger partial charge in [-0.1, -0.05) is 13.8 Å². The fourth-order valence-electron chi connectivity index (χ4n) is 3.71. The molecule has 0 spiro atoms. The van der Waals surface area contributed by atoms with Gasteiger partial charge in [-0.2, -0.15) is 0 Å². The SMILES string of the molecule is CCOC(=O)c1cc2c(c(Cn3cnc4sc(C(=O)OCC(C)C)c(C)c4c3=O)c1)OCOC2. The Morgan fingerprint density at radius 2 is 2.03 bits per heavy atom. The fraction of sp³-hybridized carbons (Fsp3) is 0.417. The molecular formula is C24H26N2O7S. The number of hydrogen-bond donors (Lipinski definition) is 0. The highest BCUT2D eigenvalue weighted by Crippen LogP contribution is 2.31. The number of aryl methyl sites for hydroxylation is 1. The molecular weight excluding hydrogens is 460 g/mol. The summed E-state index contributed by atoms with van der Waals surface area (Å²) in [6, 6.07) is 3.34. The molecule has 2 aromatic heterocycles. The average Bonchev–Trinajstić information content (AvgIpc) is 3.16. The second kappa shape index (κ2) is 9.94. The van der Waals surface area contributed by atoms with Crippen LogP contribution in [0.25, 0.3) is 10.2 Å². The van der Waals surface area contributed by atoms with Crippen molar-refractivity contribution in [1.82, 2.24) is 9.55 Å². The first-order chi connectivity index (χ1) is 16.3. The molecule has 0 saturated carbocycles. The lowest BCUT2D eigenvalue weighted by Gasteiger charge is -2.22. The number of aromatic nitrogens is 2. The van der Waals surface area contributed by atoms with Crippen LogP contribution in [0.15, 0.2) is 23.3 Å². The molecule has 0 bridgehead atoms. The van der Waals surface area contributed by atoms with Crippen LogP contribution in [-0.2, 0) is 27.4 Å². The highest BCUT2D eigenvalue weighted by molar-refractivity contribution is 7.20. The van der Waals surface area contributed by atoms with E-state index in [4.69, 9.17) is 18.9 Å². The second-order valence-electron chi connectivity index (χ2n) is 8.36. The molecule has 34 heavy (non-hydrogen) atoms. The lowest BCUT2D eigenvalue weighted by atomic mass is 10.0. The van der Waals surface area contributed by atoms with Gasteiger partial charge in [-0.25, -0.2) is 14.6 Å². The summed E-state index contributed by atoms with van der Waals surface area (Å²) in [5.74, 6) is -0.134. The summed E-state index contributed by atoms with van der Waals surface area (Å²) in [5, 5.41) is 0.378. The van der Waals surface area contributed by atoms with Crippen molar-refractivity contribution in [1.29, 1.82) is 0 Å². The molecule has 1 aliphatic heterocycles. The van der Waals surface area contributed by atoms with Crippen molar-refractivity contribution < 1.29 is 28.5 Å². The number of rotatable bonds is 7. The first kappa shape index (κ1) is 23.9. The van der Waals surface area contributed by atoms with Crippen LogP contribution in [0.2, 0.25) is 0 Å². The largest absolute Gasteiger partial charge is 0.467 e. The van der Waals surface area contributed by atoms with Crippen LogP contribution >= 0.6 is 11.3 Å². The van der Waals surface area contributed by atoms with Gasteiger partial charge in [0.1, 0.15) is 15.5 Å². The number of carbonyl (C=O) groups is 2. The van der Waals surface area contributed by atoms with E-state index in [1.54, 1.807) is 26.0 Å². The quantitative estimate of drug-likeness (QED) is 0.466. The number of fused-ring (bicyclic) bond motifs is 2. The van der Waals surface area contributed by atoms with Gasteiger partial charge >= 0.3 is 11.9 Å². The molecule has 0 radical (unpaired) electrons. The summed E-state index contributed by atoms with van der Waals surface area (Å²) in [6.45, 7) is 8.41. The lowest BCUT2D eigenvalue weighted by Crippen LogP contribution is -2.23. The molecule has 10 heteroatoms. The van der Waals surface area contributed by atoms with Crippen LogP contribution in [0, 0.1) is 12.8 Å². The van der Waals surface area contributed by atoms with Crippen molar-refractivity contribution in [2.24, 2.45) is 5.92 Å². The van der Waals surface area contributed by atoms with Crippen molar-refractivity contribution >= 4 is 33.5 Å². The van der Waals surface area contributed by atoms with Crippen molar-refractivity contribution in [2.45, 2.75) is 40.8 Å². The molecule has 0 amide bonds. The van der Waals surface area contributed by atoms with Crippen LogP contribution in [0.1, 0.15) is 57.5 Å². The summed E-state index contributed by atoms with van der Waals surface area (Å²) in [7, 11) is 0. The predicted molar refractivity (Wildman–Crippen MR) is 126 cm³/mol. The molecule has 0 fully saturated rings. The molecule has 0 N–H and O–H groups in total. The average molecular weight is 487 g/mol. The summed E-state index contributed by atoms with van der Waals surface area (Å²) in [4.78, 5) is 43.5. The molecule has 1 aliphatic rings. The van der Waals surface area contributed by atoms with Gasteiger partial charge in [0.2, 0.25) is 0 Å². The third-order valence-electron chi connectivity index (χ3n) is 5.29. The monoisotopic (exact) mass is 486 g/mol. The van der Waals surface area contributed by atoms with Gasteiger partial charge < -0.3 is 18.9 Å². The summed E-state index contributed by atoms with van der Waals surface area (Å²) < 4.78 is 23.0. The molecule has 1 aromatic carbocycles. The van der Waals surface area contributed by atoms with E-state index in [1.807, 2.05) is 13.8 Å². The highest BCUT2D eigenvalue weighted by Gasteiger charge is 2.23. The molecule has 0 saturated heterocycles. The standard InChI is InChI=1S/C24H26N2O7S/c1-5-31-23(28)15-6-16(19-17(7-15)10-30-12-33-19)8-26-11-25-21-18(22(26)27)14(4)20(34-21)24(29)32-9-13(2)3/h6-7,11,13H,5,8-10,12H2,1-4H3. The van der Waals surface area contributed by atoms with E-state index in [9.17, 15) is 14.4 Å². The number of thiophene rings is 1. The van der Waals surface area contributed by atoms with Crippen LogP contribution in [0.3, 0.4) is 0 Å². The third-order valence-corrected chi connectivity index (χ3v) is 6.47. The van der Waals surface area contributed by atoms with E-state index >= 15 is 0 Å². The second-order valence-corrected chi connectivity index (χ2v) is 9.36. The predicted octanol–water partition coefficient (Wildman–Crippen LogP) is 3.67.